The van der Waals surface area contributed by atoms with Crippen molar-refractivity contribution in [2.75, 3.05) is 39.8 Å². The zero-order valence-electron chi connectivity index (χ0n) is 19.4. The first kappa shape index (κ1) is 21.8. The summed E-state index contributed by atoms with van der Waals surface area (Å²) < 4.78 is 0. The van der Waals surface area contributed by atoms with Crippen molar-refractivity contribution in [1.29, 1.82) is 0 Å². The third-order valence-electron chi connectivity index (χ3n) is 7.96. The minimum absolute atomic E-state index is 0.160. The molecule has 1 unspecified atom stereocenters. The number of nitrogens with zero attached hydrogens (tertiary/aromatic N) is 2. The van der Waals surface area contributed by atoms with E-state index in [1.165, 1.54) is 16.3 Å². The first-order valence-electron chi connectivity index (χ1n) is 11.9. The van der Waals surface area contributed by atoms with Gasteiger partial charge in [-0.1, -0.05) is 63.2 Å². The van der Waals surface area contributed by atoms with E-state index in [0.29, 0.717) is 11.3 Å². The van der Waals surface area contributed by atoms with Gasteiger partial charge in [-0.15, -0.1) is 0 Å². The summed E-state index contributed by atoms with van der Waals surface area (Å²) >= 11 is 0. The molecule has 1 aliphatic carbocycles. The fourth-order valence-electron chi connectivity index (χ4n) is 5.73. The second-order valence-electron chi connectivity index (χ2n) is 11.0. The summed E-state index contributed by atoms with van der Waals surface area (Å²) in [7, 11) is 2.21. The quantitative estimate of drug-likeness (QED) is 0.759. The van der Waals surface area contributed by atoms with Crippen molar-refractivity contribution in [2.24, 2.45) is 11.3 Å². The van der Waals surface area contributed by atoms with Crippen LogP contribution in [0, 0.1) is 11.3 Å². The zero-order chi connectivity index (χ0) is 21.4. The molecule has 0 bridgehead atoms. The topological polar surface area (TPSA) is 26.7 Å². The van der Waals surface area contributed by atoms with E-state index in [1.54, 1.807) is 0 Å². The van der Waals surface area contributed by atoms with E-state index < -0.39 is 5.60 Å². The minimum Gasteiger partial charge on any atom is -0.389 e. The molecule has 0 spiro atoms. The van der Waals surface area contributed by atoms with Gasteiger partial charge in [-0.2, -0.15) is 0 Å². The van der Waals surface area contributed by atoms with E-state index in [9.17, 15) is 5.11 Å². The Morgan fingerprint density at radius 1 is 0.967 bits per heavy atom. The van der Waals surface area contributed by atoms with Crippen LogP contribution < -0.4 is 0 Å². The van der Waals surface area contributed by atoms with Crippen LogP contribution in [-0.4, -0.2) is 60.3 Å². The monoisotopic (exact) mass is 408 g/mol. The van der Waals surface area contributed by atoms with Gasteiger partial charge in [0, 0.05) is 38.6 Å². The lowest BCUT2D eigenvalue weighted by Crippen LogP contribution is -2.50. The Hall–Kier alpha value is -1.42. The van der Waals surface area contributed by atoms with E-state index in [0.717, 1.165) is 58.4 Å². The highest BCUT2D eigenvalue weighted by Crippen LogP contribution is 2.47. The van der Waals surface area contributed by atoms with Crippen molar-refractivity contribution in [3.05, 3.63) is 48.0 Å². The number of hydrogen-bond acceptors (Lipinski definition) is 3. The van der Waals surface area contributed by atoms with E-state index in [2.05, 4.69) is 80.1 Å². The maximum atomic E-state index is 12.1. The second-order valence-corrected chi connectivity index (χ2v) is 11.0. The van der Waals surface area contributed by atoms with Crippen molar-refractivity contribution < 1.29 is 5.11 Å². The Morgan fingerprint density at radius 2 is 1.60 bits per heavy atom. The lowest BCUT2D eigenvalue weighted by atomic mass is 9.64. The summed E-state index contributed by atoms with van der Waals surface area (Å²) in [5.74, 6) is 0.863. The van der Waals surface area contributed by atoms with E-state index in [4.69, 9.17) is 0 Å². The molecule has 1 saturated carbocycles. The molecule has 2 fully saturated rings. The SMILES string of the molecule is CN1CCN(CC(c2cccc3ccccc23)C2(O)CCC(C(C)(C)C)CC2)CC1. The molecule has 30 heavy (non-hydrogen) atoms. The third kappa shape index (κ3) is 4.59. The summed E-state index contributed by atoms with van der Waals surface area (Å²) in [6.45, 7) is 12.5. The maximum Gasteiger partial charge on any atom is 0.0728 e. The Kier molecular flexibility index (Phi) is 6.25. The Morgan fingerprint density at radius 3 is 2.27 bits per heavy atom. The molecule has 4 rings (SSSR count). The van der Waals surface area contributed by atoms with Gasteiger partial charge in [0.1, 0.15) is 0 Å². The van der Waals surface area contributed by atoms with Crippen molar-refractivity contribution in [3.63, 3.8) is 0 Å². The molecular weight excluding hydrogens is 368 g/mol. The number of likely N-dealkylation sites (N-methyl/N-ethyl adjacent to an activating group) is 1. The number of hydrogen-bond donors (Lipinski definition) is 1. The molecule has 1 saturated heterocycles. The van der Waals surface area contributed by atoms with Gasteiger partial charge in [0.2, 0.25) is 0 Å². The first-order chi connectivity index (χ1) is 14.3. The summed E-state index contributed by atoms with van der Waals surface area (Å²) in [5.41, 5.74) is 1.05. The van der Waals surface area contributed by atoms with Gasteiger partial charge >= 0.3 is 0 Å². The predicted molar refractivity (Wildman–Crippen MR) is 127 cm³/mol. The number of fused-ring (bicyclic) bond motifs is 1. The van der Waals surface area contributed by atoms with Crippen LogP contribution in [-0.2, 0) is 0 Å². The zero-order valence-corrected chi connectivity index (χ0v) is 19.4. The van der Waals surface area contributed by atoms with Gasteiger partial charge in [-0.3, -0.25) is 0 Å². The second kappa shape index (κ2) is 8.61. The molecule has 1 atom stereocenters. The summed E-state index contributed by atoms with van der Waals surface area (Å²) in [5, 5.41) is 14.7. The smallest absolute Gasteiger partial charge is 0.0728 e. The molecule has 164 valence electrons. The average molecular weight is 409 g/mol. The fourth-order valence-corrected chi connectivity index (χ4v) is 5.73. The van der Waals surface area contributed by atoms with Gasteiger partial charge in [0.05, 0.1) is 5.60 Å². The van der Waals surface area contributed by atoms with Crippen LogP contribution in [0.2, 0.25) is 0 Å². The molecule has 0 amide bonds. The molecule has 0 aromatic heterocycles. The normalized spacial score (nSPS) is 28.0. The molecule has 2 aromatic rings. The van der Waals surface area contributed by atoms with Crippen LogP contribution in [0.3, 0.4) is 0 Å². The van der Waals surface area contributed by atoms with Crippen LogP contribution in [0.5, 0.6) is 0 Å². The summed E-state index contributed by atoms with van der Waals surface area (Å²) in [4.78, 5) is 4.99. The number of piperazine rings is 1. The summed E-state index contributed by atoms with van der Waals surface area (Å²) in [6, 6.07) is 15.4. The Labute approximate surface area is 183 Å². The third-order valence-corrected chi connectivity index (χ3v) is 7.96. The molecule has 2 aromatic carbocycles. The van der Waals surface area contributed by atoms with Crippen molar-refractivity contribution in [2.45, 2.75) is 58.0 Å². The van der Waals surface area contributed by atoms with Gasteiger partial charge in [-0.05, 0) is 60.4 Å². The van der Waals surface area contributed by atoms with Crippen LogP contribution in [0.15, 0.2) is 42.5 Å². The molecule has 2 aliphatic rings. The van der Waals surface area contributed by atoms with Crippen LogP contribution >= 0.6 is 0 Å². The van der Waals surface area contributed by atoms with Crippen LogP contribution in [0.4, 0.5) is 0 Å². The van der Waals surface area contributed by atoms with E-state index in [1.807, 2.05) is 0 Å². The van der Waals surface area contributed by atoms with Crippen molar-refractivity contribution in [3.8, 4) is 0 Å². The number of benzene rings is 2. The van der Waals surface area contributed by atoms with Gasteiger partial charge in [0.15, 0.2) is 0 Å². The predicted octanol–water partition coefficient (Wildman–Crippen LogP) is 5.14. The first-order valence-corrected chi connectivity index (χ1v) is 11.9. The molecule has 1 aliphatic heterocycles. The fraction of sp³-hybridized carbons (Fsp3) is 0.630. The van der Waals surface area contributed by atoms with E-state index in [-0.39, 0.29) is 5.92 Å². The number of rotatable bonds is 4. The lowest BCUT2D eigenvalue weighted by molar-refractivity contribution is -0.0548. The molecule has 3 heteroatoms. The summed E-state index contributed by atoms with van der Waals surface area (Å²) in [6.07, 6.45) is 4.08. The molecule has 1 heterocycles. The van der Waals surface area contributed by atoms with E-state index >= 15 is 0 Å². The van der Waals surface area contributed by atoms with Crippen LogP contribution in [0.25, 0.3) is 10.8 Å². The van der Waals surface area contributed by atoms with Crippen molar-refractivity contribution in [1.82, 2.24) is 9.80 Å². The minimum atomic E-state index is -0.616. The highest BCUT2D eigenvalue weighted by atomic mass is 16.3. The van der Waals surface area contributed by atoms with Gasteiger partial charge < -0.3 is 14.9 Å². The standard InChI is InChI=1S/C27H40N2O/c1-26(2,3)22-12-14-27(30,15-13-22)25(20-29-18-16-28(4)17-19-29)24-11-7-9-21-8-5-6-10-23(21)24/h5-11,22,25,30H,12-20H2,1-4H3. The number of aliphatic hydroxyl groups is 1. The Bertz CT molecular complexity index is 834. The molecule has 3 nitrogen and oxygen atoms in total. The van der Waals surface area contributed by atoms with Gasteiger partial charge in [0.25, 0.3) is 0 Å². The highest BCUT2D eigenvalue weighted by Gasteiger charge is 2.44. The van der Waals surface area contributed by atoms with Crippen molar-refractivity contribution >= 4 is 10.8 Å². The maximum absolute atomic E-state index is 12.1. The molecule has 0 radical (unpaired) electrons. The lowest BCUT2D eigenvalue weighted by Gasteiger charge is -2.47. The molecular formula is C27H40N2O. The highest BCUT2D eigenvalue weighted by molar-refractivity contribution is 5.86. The van der Waals surface area contributed by atoms with Crippen LogP contribution in [0.1, 0.15) is 57.9 Å². The average Bonchev–Trinajstić information content (AvgIpc) is 2.72. The van der Waals surface area contributed by atoms with Gasteiger partial charge in [-0.25, -0.2) is 0 Å². The molecule has 1 N–H and O–H groups in total. The Balaban J connectivity index is 1.65. The largest absolute Gasteiger partial charge is 0.389 e.